The van der Waals surface area contributed by atoms with Gasteiger partial charge in [0.05, 0.1) is 12.1 Å². The van der Waals surface area contributed by atoms with Gasteiger partial charge in [0.1, 0.15) is 5.60 Å². The van der Waals surface area contributed by atoms with Crippen LogP contribution in [0.15, 0.2) is 22.7 Å². The summed E-state index contributed by atoms with van der Waals surface area (Å²) in [5.74, 6) is 0.155. The second-order valence-corrected chi connectivity index (χ2v) is 7.91. The molecule has 0 aliphatic carbocycles. The summed E-state index contributed by atoms with van der Waals surface area (Å²) in [5.41, 5.74) is -1.03. The highest BCUT2D eigenvalue weighted by molar-refractivity contribution is 9.10. The minimum absolute atomic E-state index is 0.0393. The number of carbonyl (C=O) groups is 1. The summed E-state index contributed by atoms with van der Waals surface area (Å²) in [5, 5.41) is 0. The zero-order valence-electron chi connectivity index (χ0n) is 14.5. The summed E-state index contributed by atoms with van der Waals surface area (Å²) < 4.78 is 44.6. The Bertz CT molecular complexity index is 580. The van der Waals surface area contributed by atoms with E-state index in [-0.39, 0.29) is 12.5 Å². The fourth-order valence-corrected chi connectivity index (χ4v) is 2.42. The van der Waals surface area contributed by atoms with E-state index in [2.05, 4.69) is 15.9 Å². The molecule has 0 saturated carbocycles. The fourth-order valence-electron chi connectivity index (χ4n) is 2.05. The van der Waals surface area contributed by atoms with Gasteiger partial charge < -0.3 is 9.64 Å². The Kier molecular flexibility index (Phi) is 6.73. The van der Waals surface area contributed by atoms with Crippen LogP contribution in [0.25, 0.3) is 0 Å². The minimum Gasteiger partial charge on any atom is -0.444 e. The van der Waals surface area contributed by atoms with Crippen molar-refractivity contribution in [2.24, 2.45) is 5.92 Å². The van der Waals surface area contributed by atoms with Crippen LogP contribution in [0.3, 0.4) is 0 Å². The molecule has 0 saturated heterocycles. The summed E-state index contributed by atoms with van der Waals surface area (Å²) in [7, 11) is 0. The van der Waals surface area contributed by atoms with Crippen LogP contribution >= 0.6 is 15.9 Å². The molecule has 1 rings (SSSR count). The lowest BCUT2D eigenvalue weighted by Crippen LogP contribution is -2.38. The molecule has 0 aromatic heterocycles. The molecule has 136 valence electrons. The van der Waals surface area contributed by atoms with Crippen molar-refractivity contribution in [1.29, 1.82) is 0 Å². The first-order chi connectivity index (χ1) is 10.8. The molecule has 0 N–H and O–H groups in total. The minimum atomic E-state index is -4.43. The van der Waals surface area contributed by atoms with Crippen LogP contribution in [-0.2, 0) is 17.5 Å². The van der Waals surface area contributed by atoms with Crippen molar-refractivity contribution in [3.05, 3.63) is 33.8 Å². The maximum Gasteiger partial charge on any atom is 0.416 e. The van der Waals surface area contributed by atoms with Crippen LogP contribution in [0.2, 0.25) is 0 Å². The quantitative estimate of drug-likeness (QED) is 0.622. The van der Waals surface area contributed by atoms with Gasteiger partial charge in [-0.3, -0.25) is 0 Å². The number of hydrogen-bond donors (Lipinski definition) is 0. The molecular formula is C17H23BrF3NO2. The van der Waals surface area contributed by atoms with Gasteiger partial charge >= 0.3 is 12.3 Å². The highest BCUT2D eigenvalue weighted by Gasteiger charge is 2.31. The number of hydrogen-bond acceptors (Lipinski definition) is 2. The van der Waals surface area contributed by atoms with E-state index in [9.17, 15) is 18.0 Å². The van der Waals surface area contributed by atoms with Crippen molar-refractivity contribution in [1.82, 2.24) is 4.90 Å². The molecule has 1 aromatic rings. The van der Waals surface area contributed by atoms with Gasteiger partial charge in [0.15, 0.2) is 0 Å². The van der Waals surface area contributed by atoms with Crippen molar-refractivity contribution in [3.63, 3.8) is 0 Å². The van der Waals surface area contributed by atoms with Gasteiger partial charge in [-0.05, 0) is 50.5 Å². The highest BCUT2D eigenvalue weighted by Crippen LogP contribution is 2.32. The summed E-state index contributed by atoms with van der Waals surface area (Å²) in [4.78, 5) is 13.8. The third-order valence-electron chi connectivity index (χ3n) is 2.97. The molecule has 0 bridgehead atoms. The molecule has 0 radical (unpaired) electrons. The number of halogens is 4. The Balaban J connectivity index is 3.08. The lowest BCUT2D eigenvalue weighted by Gasteiger charge is -2.29. The molecule has 0 unspecified atom stereocenters. The van der Waals surface area contributed by atoms with Crippen LogP contribution in [0.1, 0.15) is 45.7 Å². The maximum atomic E-state index is 12.9. The molecule has 24 heavy (non-hydrogen) atoms. The standard InChI is InChI=1S/C17H23BrF3NO2/c1-11(2)9-22(15(23)24-16(3,4)5)10-12-8-13(17(19,20)21)6-7-14(12)18/h6-8,11H,9-10H2,1-5H3. The van der Waals surface area contributed by atoms with E-state index in [0.717, 1.165) is 12.1 Å². The number of rotatable bonds is 4. The van der Waals surface area contributed by atoms with E-state index in [4.69, 9.17) is 4.74 Å². The number of amides is 1. The van der Waals surface area contributed by atoms with Crippen molar-refractivity contribution < 1.29 is 22.7 Å². The van der Waals surface area contributed by atoms with Gasteiger partial charge in [-0.2, -0.15) is 13.2 Å². The Morgan fingerprint density at radius 1 is 1.25 bits per heavy atom. The Morgan fingerprint density at radius 3 is 2.29 bits per heavy atom. The van der Waals surface area contributed by atoms with Gasteiger partial charge in [-0.15, -0.1) is 0 Å². The summed E-state index contributed by atoms with van der Waals surface area (Å²) in [6.07, 6.45) is -4.97. The Morgan fingerprint density at radius 2 is 1.83 bits per heavy atom. The fraction of sp³-hybridized carbons (Fsp3) is 0.588. The lowest BCUT2D eigenvalue weighted by atomic mass is 10.1. The SMILES string of the molecule is CC(C)CN(Cc1cc(C(F)(F)F)ccc1Br)C(=O)OC(C)(C)C. The molecule has 3 nitrogen and oxygen atoms in total. The molecule has 1 amide bonds. The van der Waals surface area contributed by atoms with Crippen LogP contribution in [-0.4, -0.2) is 23.1 Å². The topological polar surface area (TPSA) is 29.5 Å². The first kappa shape index (κ1) is 20.8. The van der Waals surface area contributed by atoms with Gasteiger partial charge in [0.2, 0.25) is 0 Å². The van der Waals surface area contributed by atoms with E-state index < -0.39 is 23.4 Å². The third-order valence-corrected chi connectivity index (χ3v) is 3.75. The second-order valence-electron chi connectivity index (χ2n) is 7.06. The van der Waals surface area contributed by atoms with Crippen molar-refractivity contribution in [3.8, 4) is 0 Å². The zero-order valence-corrected chi connectivity index (χ0v) is 16.1. The van der Waals surface area contributed by atoms with Crippen molar-refractivity contribution in [2.45, 2.75) is 52.9 Å². The first-order valence-electron chi connectivity index (χ1n) is 7.63. The lowest BCUT2D eigenvalue weighted by molar-refractivity contribution is -0.137. The maximum absolute atomic E-state index is 12.9. The molecule has 0 aliphatic rings. The van der Waals surface area contributed by atoms with E-state index >= 15 is 0 Å². The molecule has 0 atom stereocenters. The molecule has 0 fully saturated rings. The van der Waals surface area contributed by atoms with Gasteiger partial charge in [-0.1, -0.05) is 29.8 Å². The number of ether oxygens (including phenoxy) is 1. The molecule has 0 spiro atoms. The van der Waals surface area contributed by atoms with E-state index in [1.807, 2.05) is 13.8 Å². The molecule has 7 heteroatoms. The summed E-state index contributed by atoms with van der Waals surface area (Å²) in [6, 6.07) is 3.41. The van der Waals surface area contributed by atoms with E-state index in [1.54, 1.807) is 20.8 Å². The van der Waals surface area contributed by atoms with E-state index in [1.165, 1.54) is 11.0 Å². The van der Waals surface area contributed by atoms with E-state index in [0.29, 0.717) is 16.6 Å². The summed E-state index contributed by atoms with van der Waals surface area (Å²) >= 11 is 3.26. The smallest absolute Gasteiger partial charge is 0.416 e. The number of benzene rings is 1. The predicted molar refractivity (Wildman–Crippen MR) is 90.6 cm³/mol. The normalized spacial score (nSPS) is 12.4. The van der Waals surface area contributed by atoms with Crippen molar-refractivity contribution >= 4 is 22.0 Å². The molecule has 0 heterocycles. The predicted octanol–water partition coefficient (Wildman–Crippen LogP) is 5.86. The van der Waals surface area contributed by atoms with Gasteiger partial charge in [-0.25, -0.2) is 4.79 Å². The number of carbonyl (C=O) groups excluding carboxylic acids is 1. The average molecular weight is 410 g/mol. The van der Waals surface area contributed by atoms with Crippen LogP contribution in [0.4, 0.5) is 18.0 Å². The first-order valence-corrected chi connectivity index (χ1v) is 8.42. The number of alkyl halides is 3. The third kappa shape index (κ3) is 6.71. The van der Waals surface area contributed by atoms with Gasteiger partial charge in [0.25, 0.3) is 0 Å². The van der Waals surface area contributed by atoms with Crippen LogP contribution in [0, 0.1) is 5.92 Å². The van der Waals surface area contributed by atoms with Crippen LogP contribution < -0.4 is 0 Å². The number of nitrogens with zero attached hydrogens (tertiary/aromatic N) is 1. The highest BCUT2D eigenvalue weighted by atomic mass is 79.9. The Hall–Kier alpha value is -1.24. The molecule has 1 aromatic carbocycles. The second kappa shape index (κ2) is 7.76. The largest absolute Gasteiger partial charge is 0.444 e. The molecular weight excluding hydrogens is 387 g/mol. The average Bonchev–Trinajstić information content (AvgIpc) is 2.36. The monoisotopic (exact) mass is 409 g/mol. The van der Waals surface area contributed by atoms with Crippen LogP contribution in [0.5, 0.6) is 0 Å². The zero-order chi connectivity index (χ0) is 18.7. The van der Waals surface area contributed by atoms with Gasteiger partial charge in [0, 0.05) is 11.0 Å². The summed E-state index contributed by atoms with van der Waals surface area (Å²) in [6.45, 7) is 9.53. The molecule has 0 aliphatic heterocycles. The van der Waals surface area contributed by atoms with Crippen molar-refractivity contribution in [2.75, 3.05) is 6.54 Å². The Labute approximate surface area is 149 Å².